The minimum atomic E-state index is -0.327. The van der Waals surface area contributed by atoms with Crippen molar-refractivity contribution in [3.05, 3.63) is 34.7 Å². The van der Waals surface area contributed by atoms with Crippen molar-refractivity contribution >= 4 is 11.3 Å². The molecule has 2 heterocycles. The third-order valence-electron chi connectivity index (χ3n) is 2.94. The predicted octanol–water partition coefficient (Wildman–Crippen LogP) is 2.68. The lowest BCUT2D eigenvalue weighted by Gasteiger charge is -2.15. The van der Waals surface area contributed by atoms with Crippen LogP contribution in [-0.2, 0) is 6.42 Å². The third-order valence-corrected chi connectivity index (χ3v) is 4.19. The lowest BCUT2D eigenvalue weighted by molar-refractivity contribution is 0.573. The maximum atomic E-state index is 12.8. The van der Waals surface area contributed by atoms with Crippen molar-refractivity contribution in [2.45, 2.75) is 25.3 Å². The molecule has 1 unspecified atom stereocenters. The fourth-order valence-corrected chi connectivity index (χ4v) is 3.19. The Kier molecular flexibility index (Phi) is 2.64. The van der Waals surface area contributed by atoms with E-state index >= 15 is 0 Å². The summed E-state index contributed by atoms with van der Waals surface area (Å²) in [5.74, 6) is -0.327. The summed E-state index contributed by atoms with van der Waals surface area (Å²) >= 11 is 1.58. The lowest BCUT2D eigenvalue weighted by Crippen LogP contribution is -2.15. The normalized spacial score (nSPS) is 19.1. The molecular weight excluding hydrogens is 237 g/mol. The Morgan fingerprint density at radius 1 is 1.41 bits per heavy atom. The molecule has 0 spiro atoms. The summed E-state index contributed by atoms with van der Waals surface area (Å²) < 4.78 is 12.8. The second kappa shape index (κ2) is 4.16. The summed E-state index contributed by atoms with van der Waals surface area (Å²) in [6.07, 6.45) is 4.32. The molecule has 3 nitrogen and oxygen atoms in total. The van der Waals surface area contributed by atoms with Crippen LogP contribution < -0.4 is 5.73 Å². The van der Waals surface area contributed by atoms with Crippen molar-refractivity contribution in [2.24, 2.45) is 5.73 Å². The van der Waals surface area contributed by atoms with Crippen LogP contribution in [0.4, 0.5) is 4.39 Å². The van der Waals surface area contributed by atoms with Crippen LogP contribution in [-0.4, -0.2) is 9.97 Å². The molecule has 1 aliphatic carbocycles. The Hall–Kier alpha value is -1.33. The van der Waals surface area contributed by atoms with E-state index in [0.717, 1.165) is 40.5 Å². The zero-order valence-electron chi connectivity index (χ0n) is 9.19. The molecule has 2 aromatic heterocycles. The van der Waals surface area contributed by atoms with Crippen molar-refractivity contribution < 1.29 is 4.39 Å². The number of nitrogens with zero attached hydrogens (tertiary/aromatic N) is 2. The number of nitrogens with two attached hydrogens (primary N) is 1. The second-order valence-electron chi connectivity index (χ2n) is 4.19. The number of rotatable bonds is 1. The molecule has 5 heteroatoms. The highest BCUT2D eigenvalue weighted by Gasteiger charge is 2.22. The van der Waals surface area contributed by atoms with Crippen molar-refractivity contribution in [2.75, 3.05) is 0 Å². The van der Waals surface area contributed by atoms with E-state index < -0.39 is 0 Å². The van der Waals surface area contributed by atoms with Crippen molar-refractivity contribution in [1.82, 2.24) is 9.97 Å². The van der Waals surface area contributed by atoms with Gasteiger partial charge < -0.3 is 5.73 Å². The number of aryl methyl sites for hydroxylation is 1. The molecule has 0 amide bonds. The van der Waals surface area contributed by atoms with E-state index in [0.29, 0.717) is 0 Å². The standard InChI is InChI=1S/C12H12FN3S/c13-7-4-5-10(15-6-7)12-16-9-3-1-2-8(14)11(9)17-12/h4-6,8H,1-3,14H2. The predicted molar refractivity (Wildman–Crippen MR) is 65.2 cm³/mol. The number of halogens is 1. The van der Waals surface area contributed by atoms with E-state index in [1.54, 1.807) is 17.4 Å². The van der Waals surface area contributed by atoms with Gasteiger partial charge in [0.1, 0.15) is 10.8 Å². The van der Waals surface area contributed by atoms with Gasteiger partial charge in [0.2, 0.25) is 0 Å². The van der Waals surface area contributed by atoms with Crippen LogP contribution >= 0.6 is 11.3 Å². The van der Waals surface area contributed by atoms with Gasteiger partial charge >= 0.3 is 0 Å². The Bertz CT molecular complexity index is 535. The fraction of sp³-hybridized carbons (Fsp3) is 0.333. The van der Waals surface area contributed by atoms with Crippen LogP contribution in [0.25, 0.3) is 10.7 Å². The first-order chi connectivity index (χ1) is 8.24. The number of hydrogen-bond acceptors (Lipinski definition) is 4. The summed E-state index contributed by atoms with van der Waals surface area (Å²) in [5.41, 5.74) is 7.86. The number of thiazole rings is 1. The van der Waals surface area contributed by atoms with E-state index in [2.05, 4.69) is 9.97 Å². The monoisotopic (exact) mass is 249 g/mol. The molecule has 0 saturated heterocycles. The fourth-order valence-electron chi connectivity index (χ4n) is 2.06. The number of aromatic nitrogens is 2. The zero-order valence-corrected chi connectivity index (χ0v) is 10.0. The van der Waals surface area contributed by atoms with Crippen LogP contribution in [0.15, 0.2) is 18.3 Å². The number of fused-ring (bicyclic) bond motifs is 1. The first-order valence-corrected chi connectivity index (χ1v) is 6.43. The average Bonchev–Trinajstić information content (AvgIpc) is 2.75. The summed E-state index contributed by atoms with van der Waals surface area (Å²) in [4.78, 5) is 9.77. The Labute approximate surface area is 103 Å². The van der Waals surface area contributed by atoms with Crippen molar-refractivity contribution in [1.29, 1.82) is 0 Å². The molecule has 1 aliphatic rings. The smallest absolute Gasteiger partial charge is 0.142 e. The zero-order chi connectivity index (χ0) is 11.8. The van der Waals surface area contributed by atoms with Crippen LogP contribution in [0.2, 0.25) is 0 Å². The second-order valence-corrected chi connectivity index (χ2v) is 5.22. The van der Waals surface area contributed by atoms with Gasteiger partial charge in [-0.1, -0.05) is 0 Å². The van der Waals surface area contributed by atoms with E-state index in [9.17, 15) is 4.39 Å². The van der Waals surface area contributed by atoms with Crippen molar-refractivity contribution in [3.8, 4) is 10.7 Å². The minimum Gasteiger partial charge on any atom is -0.323 e. The molecule has 1 atom stereocenters. The molecule has 17 heavy (non-hydrogen) atoms. The van der Waals surface area contributed by atoms with Gasteiger partial charge in [-0.3, -0.25) is 4.98 Å². The first-order valence-electron chi connectivity index (χ1n) is 5.61. The number of hydrogen-bond donors (Lipinski definition) is 1. The molecule has 0 radical (unpaired) electrons. The summed E-state index contributed by atoms with van der Waals surface area (Å²) in [6, 6.07) is 3.17. The Morgan fingerprint density at radius 2 is 2.29 bits per heavy atom. The van der Waals surface area contributed by atoms with Gasteiger partial charge in [-0.2, -0.15) is 0 Å². The first kappa shape index (κ1) is 10.8. The third kappa shape index (κ3) is 1.96. The van der Waals surface area contributed by atoms with E-state index in [-0.39, 0.29) is 11.9 Å². The molecule has 0 aromatic carbocycles. The molecule has 0 fully saturated rings. The van der Waals surface area contributed by atoms with E-state index in [1.807, 2.05) is 0 Å². The van der Waals surface area contributed by atoms with Gasteiger partial charge in [0.05, 0.1) is 17.6 Å². The van der Waals surface area contributed by atoms with Gasteiger partial charge in [-0.25, -0.2) is 9.37 Å². The summed E-state index contributed by atoms with van der Waals surface area (Å²) in [7, 11) is 0. The lowest BCUT2D eigenvalue weighted by atomic mass is 9.99. The van der Waals surface area contributed by atoms with Gasteiger partial charge in [-0.15, -0.1) is 11.3 Å². The van der Waals surface area contributed by atoms with Gasteiger partial charge in [-0.05, 0) is 31.4 Å². The molecule has 3 rings (SSSR count). The molecule has 2 aromatic rings. The van der Waals surface area contributed by atoms with Crippen molar-refractivity contribution in [3.63, 3.8) is 0 Å². The molecule has 0 saturated carbocycles. The van der Waals surface area contributed by atoms with Gasteiger partial charge in [0.15, 0.2) is 0 Å². The van der Waals surface area contributed by atoms with Gasteiger partial charge in [0, 0.05) is 10.9 Å². The number of pyridine rings is 1. The topological polar surface area (TPSA) is 51.8 Å². The maximum absolute atomic E-state index is 12.8. The van der Waals surface area contributed by atoms with Crippen LogP contribution in [0.3, 0.4) is 0 Å². The van der Waals surface area contributed by atoms with Crippen LogP contribution in [0.1, 0.15) is 29.5 Å². The van der Waals surface area contributed by atoms with E-state index in [1.165, 1.54) is 12.3 Å². The molecular formula is C12H12FN3S. The SMILES string of the molecule is NC1CCCc2nc(-c3ccc(F)cn3)sc21. The maximum Gasteiger partial charge on any atom is 0.142 e. The molecule has 88 valence electrons. The average molecular weight is 249 g/mol. The highest BCUT2D eigenvalue weighted by molar-refractivity contribution is 7.15. The largest absolute Gasteiger partial charge is 0.323 e. The van der Waals surface area contributed by atoms with E-state index in [4.69, 9.17) is 5.73 Å². The van der Waals surface area contributed by atoms with Gasteiger partial charge in [0.25, 0.3) is 0 Å². The molecule has 2 N–H and O–H groups in total. The highest BCUT2D eigenvalue weighted by Crippen LogP contribution is 2.35. The minimum absolute atomic E-state index is 0.102. The summed E-state index contributed by atoms with van der Waals surface area (Å²) in [5, 5.41) is 0.840. The highest BCUT2D eigenvalue weighted by atomic mass is 32.1. The quantitative estimate of drug-likeness (QED) is 0.845. The summed E-state index contributed by atoms with van der Waals surface area (Å²) in [6.45, 7) is 0. The molecule has 0 bridgehead atoms. The Balaban J connectivity index is 2.02. The Morgan fingerprint density at radius 3 is 3.00 bits per heavy atom. The molecule has 0 aliphatic heterocycles. The van der Waals surface area contributed by atoms with Crippen LogP contribution in [0.5, 0.6) is 0 Å². The van der Waals surface area contributed by atoms with Crippen LogP contribution in [0, 0.1) is 5.82 Å².